The Morgan fingerprint density at radius 3 is 2.55 bits per heavy atom. The van der Waals surface area contributed by atoms with E-state index in [1.54, 1.807) is 5.51 Å². The van der Waals surface area contributed by atoms with Gasteiger partial charge >= 0.3 is 0 Å². The number of nitrogens with two attached hydrogens (primary N) is 1. The van der Waals surface area contributed by atoms with Crippen LogP contribution in [0.25, 0.3) is 0 Å². The molecule has 1 saturated carbocycles. The van der Waals surface area contributed by atoms with Crippen LogP contribution in [-0.4, -0.2) is 23.5 Å². The first kappa shape index (κ1) is 19.6. The second kappa shape index (κ2) is 7.59. The molecule has 1 fully saturated rings. The zero-order chi connectivity index (χ0) is 13.3. The Labute approximate surface area is 136 Å². The van der Waals surface area contributed by atoms with Gasteiger partial charge in [0.2, 0.25) is 0 Å². The van der Waals surface area contributed by atoms with Crippen molar-refractivity contribution in [2.75, 3.05) is 6.54 Å². The number of rotatable bonds is 4. The van der Waals surface area contributed by atoms with Gasteiger partial charge < -0.3 is 11.1 Å². The summed E-state index contributed by atoms with van der Waals surface area (Å²) in [6.45, 7) is 6.72. The number of carbonyl (C=O) groups is 1. The molecule has 1 aliphatic rings. The Hall–Kier alpha value is -0.360. The molecular formula is C13H23Cl2N3OS. The first-order valence-corrected chi connectivity index (χ1v) is 7.26. The van der Waals surface area contributed by atoms with Crippen molar-refractivity contribution >= 4 is 42.1 Å². The third kappa shape index (κ3) is 4.58. The summed E-state index contributed by atoms with van der Waals surface area (Å²) in [5.41, 5.74) is 8.22. The smallest absolute Gasteiger partial charge is 0.263 e. The molecule has 0 aromatic carbocycles. The van der Waals surface area contributed by atoms with Crippen molar-refractivity contribution in [1.82, 2.24) is 10.3 Å². The second-order valence-electron chi connectivity index (χ2n) is 5.93. The van der Waals surface area contributed by atoms with E-state index in [1.807, 2.05) is 0 Å². The monoisotopic (exact) mass is 339 g/mol. The van der Waals surface area contributed by atoms with Gasteiger partial charge in [-0.15, -0.1) is 36.2 Å². The summed E-state index contributed by atoms with van der Waals surface area (Å²) in [5, 5.41) is 3.05. The maximum absolute atomic E-state index is 12.3. The minimum Gasteiger partial charge on any atom is -0.347 e. The fraction of sp³-hybridized carbons (Fsp3) is 0.692. The molecule has 1 aromatic heterocycles. The van der Waals surface area contributed by atoms with Crippen molar-refractivity contribution in [3.05, 3.63) is 16.1 Å². The van der Waals surface area contributed by atoms with Gasteiger partial charge in [0.1, 0.15) is 4.88 Å². The summed E-state index contributed by atoms with van der Waals surface area (Å²) in [5.74, 6) is 0.551. The summed E-state index contributed by atoms with van der Waals surface area (Å²) >= 11 is 1.41. The fourth-order valence-corrected chi connectivity index (χ4v) is 2.94. The number of carbonyl (C=O) groups excluding carboxylic acids is 1. The highest BCUT2D eigenvalue weighted by molar-refractivity contribution is 7.11. The third-order valence-electron chi connectivity index (χ3n) is 3.25. The van der Waals surface area contributed by atoms with Crippen LogP contribution < -0.4 is 11.1 Å². The van der Waals surface area contributed by atoms with Crippen molar-refractivity contribution in [3.63, 3.8) is 0 Å². The molecule has 0 aliphatic heterocycles. The Morgan fingerprint density at radius 2 is 2.10 bits per heavy atom. The highest BCUT2D eigenvalue weighted by atomic mass is 35.5. The maximum atomic E-state index is 12.3. The Morgan fingerprint density at radius 1 is 1.50 bits per heavy atom. The zero-order valence-electron chi connectivity index (χ0n) is 12.0. The average molecular weight is 340 g/mol. The number of nitrogens with zero attached hydrogens (tertiary/aromatic N) is 1. The van der Waals surface area contributed by atoms with Gasteiger partial charge in [-0.2, -0.15) is 0 Å². The van der Waals surface area contributed by atoms with Crippen molar-refractivity contribution < 1.29 is 4.79 Å². The van der Waals surface area contributed by atoms with Crippen LogP contribution in [0, 0.1) is 5.92 Å². The lowest BCUT2D eigenvalue weighted by molar-refractivity contribution is 0.0935. The van der Waals surface area contributed by atoms with E-state index in [0.29, 0.717) is 12.5 Å². The minimum absolute atomic E-state index is 0. The normalized spacial score (nSPS) is 15.8. The Bertz CT molecular complexity index is 441. The van der Waals surface area contributed by atoms with Gasteiger partial charge in [-0.3, -0.25) is 4.79 Å². The van der Waals surface area contributed by atoms with E-state index >= 15 is 0 Å². The number of hydrogen-bond acceptors (Lipinski definition) is 4. The van der Waals surface area contributed by atoms with Gasteiger partial charge in [-0.1, -0.05) is 20.8 Å². The first-order chi connectivity index (χ1) is 8.43. The topological polar surface area (TPSA) is 68.0 Å². The van der Waals surface area contributed by atoms with Crippen molar-refractivity contribution in [2.24, 2.45) is 11.7 Å². The summed E-state index contributed by atoms with van der Waals surface area (Å²) in [6.07, 6.45) is 2.36. The molecule has 20 heavy (non-hydrogen) atoms. The van der Waals surface area contributed by atoms with Gasteiger partial charge in [0.05, 0.1) is 11.2 Å². The number of halogens is 2. The number of hydrogen-bond donors (Lipinski definition) is 2. The van der Waals surface area contributed by atoms with Crippen LogP contribution in [-0.2, 0) is 5.41 Å². The van der Waals surface area contributed by atoms with E-state index in [1.165, 1.54) is 24.2 Å². The molecule has 7 heteroatoms. The lowest BCUT2D eigenvalue weighted by Gasteiger charge is -2.19. The molecule has 116 valence electrons. The molecule has 2 rings (SSSR count). The molecule has 1 amide bonds. The lowest BCUT2D eigenvalue weighted by atomic mass is 9.91. The van der Waals surface area contributed by atoms with E-state index in [4.69, 9.17) is 5.73 Å². The molecule has 1 aromatic rings. The maximum Gasteiger partial charge on any atom is 0.263 e. The molecule has 4 nitrogen and oxygen atoms in total. The fourth-order valence-electron chi connectivity index (χ4n) is 2.04. The molecule has 0 saturated heterocycles. The van der Waals surface area contributed by atoms with E-state index in [0.717, 1.165) is 10.6 Å². The van der Waals surface area contributed by atoms with Gasteiger partial charge in [-0.25, -0.2) is 4.98 Å². The predicted octanol–water partition coefficient (Wildman–Crippen LogP) is 2.75. The van der Waals surface area contributed by atoms with Crippen molar-refractivity contribution in [1.29, 1.82) is 0 Å². The van der Waals surface area contributed by atoms with Crippen LogP contribution in [0.1, 0.15) is 49.0 Å². The van der Waals surface area contributed by atoms with Crippen LogP contribution >= 0.6 is 36.2 Å². The molecule has 1 atom stereocenters. The molecule has 1 unspecified atom stereocenters. The second-order valence-corrected chi connectivity index (χ2v) is 6.79. The molecule has 0 spiro atoms. The van der Waals surface area contributed by atoms with Crippen LogP contribution in [0.4, 0.5) is 0 Å². The van der Waals surface area contributed by atoms with Gasteiger partial charge in [0.25, 0.3) is 5.91 Å². The largest absolute Gasteiger partial charge is 0.347 e. The molecule has 3 N–H and O–H groups in total. The number of amides is 1. The van der Waals surface area contributed by atoms with Gasteiger partial charge in [0, 0.05) is 18.0 Å². The summed E-state index contributed by atoms with van der Waals surface area (Å²) in [4.78, 5) is 17.3. The van der Waals surface area contributed by atoms with Crippen LogP contribution in [0.3, 0.4) is 0 Å². The summed E-state index contributed by atoms with van der Waals surface area (Å²) < 4.78 is 0. The van der Waals surface area contributed by atoms with Gasteiger partial charge in [0.15, 0.2) is 0 Å². The predicted molar refractivity (Wildman–Crippen MR) is 88.3 cm³/mol. The Balaban J connectivity index is 0.00000180. The van der Waals surface area contributed by atoms with E-state index in [-0.39, 0.29) is 42.2 Å². The molecule has 1 heterocycles. The molecule has 0 bridgehead atoms. The number of aromatic nitrogens is 1. The van der Waals surface area contributed by atoms with Crippen molar-refractivity contribution in [2.45, 2.75) is 45.1 Å². The highest BCUT2D eigenvalue weighted by Crippen LogP contribution is 2.33. The van der Waals surface area contributed by atoms with E-state index < -0.39 is 0 Å². The lowest BCUT2D eigenvalue weighted by Crippen LogP contribution is -2.42. The molecular weight excluding hydrogens is 317 g/mol. The van der Waals surface area contributed by atoms with Crippen molar-refractivity contribution in [3.8, 4) is 0 Å². The minimum atomic E-state index is -0.107. The Kier molecular flexibility index (Phi) is 7.46. The summed E-state index contributed by atoms with van der Waals surface area (Å²) in [6, 6.07) is 0.118. The average Bonchev–Trinajstić information content (AvgIpc) is 2.99. The number of thiazole rings is 1. The highest BCUT2D eigenvalue weighted by Gasteiger charge is 2.33. The number of nitrogens with one attached hydrogen (secondary N) is 1. The standard InChI is InChI=1S/C13H21N3OS.2ClH/c1-13(2,3)11-10(18-7-15-11)12(17)16-9(6-14)8-4-5-8;;/h7-9H,4-6,14H2,1-3H3,(H,16,17);2*1H. The van der Waals surface area contributed by atoms with Gasteiger partial charge in [-0.05, 0) is 18.8 Å². The SMILES string of the molecule is CC(C)(C)c1ncsc1C(=O)NC(CN)C1CC1.Cl.Cl. The first-order valence-electron chi connectivity index (χ1n) is 6.38. The third-order valence-corrected chi connectivity index (χ3v) is 4.07. The van der Waals surface area contributed by atoms with E-state index in [9.17, 15) is 4.79 Å². The zero-order valence-corrected chi connectivity index (χ0v) is 14.5. The van der Waals surface area contributed by atoms with Crippen LogP contribution in [0.5, 0.6) is 0 Å². The van der Waals surface area contributed by atoms with E-state index in [2.05, 4.69) is 31.1 Å². The summed E-state index contributed by atoms with van der Waals surface area (Å²) in [7, 11) is 0. The molecule has 1 aliphatic carbocycles. The van der Waals surface area contributed by atoms with Crippen LogP contribution in [0.2, 0.25) is 0 Å². The molecule has 0 radical (unpaired) electrons. The quantitative estimate of drug-likeness (QED) is 0.886. The van der Waals surface area contributed by atoms with Crippen LogP contribution in [0.15, 0.2) is 5.51 Å².